The molecule has 0 aliphatic rings. The molecule has 0 unspecified atom stereocenters. The van der Waals surface area contributed by atoms with Crippen LogP contribution in [0.1, 0.15) is 0 Å². The average Bonchev–Trinajstić information content (AvgIpc) is 2.37. The molecular weight excluding hydrogens is 244 g/mol. The van der Waals surface area contributed by atoms with Crippen LogP contribution in [0.4, 0.5) is 5.82 Å². The SMILES string of the molecule is C=CCN(CC(=O)O)c1nccc2ccc(O)cc12. The Bertz CT molecular complexity index is 625. The van der Waals surface area contributed by atoms with Gasteiger partial charge in [-0.3, -0.25) is 4.79 Å². The number of hydrogen-bond acceptors (Lipinski definition) is 4. The molecule has 1 heterocycles. The number of aromatic hydroxyl groups is 1. The van der Waals surface area contributed by atoms with Gasteiger partial charge in [0.15, 0.2) is 0 Å². The smallest absolute Gasteiger partial charge is 0.323 e. The Labute approximate surface area is 110 Å². The normalized spacial score (nSPS) is 10.3. The number of benzene rings is 1. The molecule has 0 bridgehead atoms. The predicted octanol–water partition coefficient (Wildman–Crippen LogP) is 2.02. The van der Waals surface area contributed by atoms with Gasteiger partial charge in [0.2, 0.25) is 0 Å². The van der Waals surface area contributed by atoms with Crippen molar-refractivity contribution in [2.75, 3.05) is 18.0 Å². The molecule has 2 rings (SSSR count). The van der Waals surface area contributed by atoms with Crippen molar-refractivity contribution in [3.8, 4) is 5.75 Å². The van der Waals surface area contributed by atoms with E-state index in [2.05, 4.69) is 11.6 Å². The summed E-state index contributed by atoms with van der Waals surface area (Å²) in [7, 11) is 0. The van der Waals surface area contributed by atoms with E-state index in [0.717, 1.165) is 5.39 Å². The van der Waals surface area contributed by atoms with Crippen LogP contribution in [-0.4, -0.2) is 34.3 Å². The second-order valence-electron chi connectivity index (χ2n) is 4.10. The maximum Gasteiger partial charge on any atom is 0.323 e. The van der Waals surface area contributed by atoms with Crippen LogP contribution < -0.4 is 4.90 Å². The van der Waals surface area contributed by atoms with Crippen LogP contribution >= 0.6 is 0 Å². The fourth-order valence-corrected chi connectivity index (χ4v) is 1.94. The summed E-state index contributed by atoms with van der Waals surface area (Å²) in [4.78, 5) is 16.7. The molecule has 0 spiro atoms. The summed E-state index contributed by atoms with van der Waals surface area (Å²) in [5, 5.41) is 20.1. The third kappa shape index (κ3) is 2.82. The van der Waals surface area contributed by atoms with Gasteiger partial charge in [0.05, 0.1) is 0 Å². The largest absolute Gasteiger partial charge is 0.508 e. The molecule has 0 amide bonds. The van der Waals surface area contributed by atoms with Crippen molar-refractivity contribution in [1.82, 2.24) is 4.98 Å². The predicted molar refractivity (Wildman–Crippen MR) is 73.5 cm³/mol. The van der Waals surface area contributed by atoms with Crippen molar-refractivity contribution < 1.29 is 15.0 Å². The second-order valence-corrected chi connectivity index (χ2v) is 4.10. The van der Waals surface area contributed by atoms with Gasteiger partial charge in [0.1, 0.15) is 18.1 Å². The molecule has 5 nitrogen and oxygen atoms in total. The number of anilines is 1. The number of phenolic OH excluding ortho intramolecular Hbond substituents is 1. The first-order chi connectivity index (χ1) is 9.11. The summed E-state index contributed by atoms with van der Waals surface area (Å²) in [6.07, 6.45) is 3.24. The van der Waals surface area contributed by atoms with E-state index in [1.165, 1.54) is 0 Å². The molecule has 5 heteroatoms. The van der Waals surface area contributed by atoms with Crippen molar-refractivity contribution in [3.63, 3.8) is 0 Å². The van der Waals surface area contributed by atoms with E-state index in [1.807, 2.05) is 6.07 Å². The molecule has 0 atom stereocenters. The number of aromatic nitrogens is 1. The van der Waals surface area contributed by atoms with E-state index in [9.17, 15) is 9.90 Å². The molecule has 1 aromatic heterocycles. The van der Waals surface area contributed by atoms with Crippen LogP contribution in [0.15, 0.2) is 43.1 Å². The lowest BCUT2D eigenvalue weighted by atomic mass is 10.1. The van der Waals surface area contributed by atoms with Crippen LogP contribution in [0.3, 0.4) is 0 Å². The van der Waals surface area contributed by atoms with Gasteiger partial charge in [0.25, 0.3) is 0 Å². The van der Waals surface area contributed by atoms with E-state index in [0.29, 0.717) is 17.7 Å². The minimum atomic E-state index is -0.944. The van der Waals surface area contributed by atoms with Crippen LogP contribution in [-0.2, 0) is 4.79 Å². The number of carbonyl (C=O) groups is 1. The Hall–Kier alpha value is -2.56. The van der Waals surface area contributed by atoms with Crippen molar-refractivity contribution in [2.24, 2.45) is 0 Å². The molecule has 0 fully saturated rings. The highest BCUT2D eigenvalue weighted by molar-refractivity contribution is 5.94. The number of fused-ring (bicyclic) bond motifs is 1. The molecule has 0 aliphatic carbocycles. The number of nitrogens with zero attached hydrogens (tertiary/aromatic N) is 2. The Morgan fingerprint density at radius 1 is 1.42 bits per heavy atom. The molecule has 0 aliphatic heterocycles. The Morgan fingerprint density at radius 3 is 2.89 bits per heavy atom. The maximum atomic E-state index is 10.9. The highest BCUT2D eigenvalue weighted by Crippen LogP contribution is 2.27. The lowest BCUT2D eigenvalue weighted by molar-refractivity contribution is -0.135. The summed E-state index contributed by atoms with van der Waals surface area (Å²) >= 11 is 0. The van der Waals surface area contributed by atoms with Gasteiger partial charge in [-0.2, -0.15) is 0 Å². The van der Waals surface area contributed by atoms with Gasteiger partial charge in [-0.05, 0) is 23.6 Å². The molecule has 0 saturated carbocycles. The molecule has 98 valence electrons. The topological polar surface area (TPSA) is 73.7 Å². The van der Waals surface area contributed by atoms with Gasteiger partial charge in [-0.1, -0.05) is 12.1 Å². The minimum absolute atomic E-state index is 0.121. The third-order valence-electron chi connectivity index (χ3n) is 2.70. The summed E-state index contributed by atoms with van der Waals surface area (Å²) in [5.74, 6) is -0.299. The first kappa shape index (κ1) is 12.9. The molecule has 0 saturated heterocycles. The lowest BCUT2D eigenvalue weighted by Gasteiger charge is -2.21. The van der Waals surface area contributed by atoms with E-state index in [-0.39, 0.29) is 12.3 Å². The molecular formula is C14H14N2O3. The van der Waals surface area contributed by atoms with E-state index < -0.39 is 5.97 Å². The Kier molecular flexibility index (Phi) is 3.66. The molecule has 1 aromatic carbocycles. The number of carboxylic acid groups (broad SMARTS) is 1. The van der Waals surface area contributed by atoms with Crippen LogP contribution in [0, 0.1) is 0 Å². The molecule has 2 N–H and O–H groups in total. The van der Waals surface area contributed by atoms with Crippen LogP contribution in [0.25, 0.3) is 10.8 Å². The standard InChI is InChI=1S/C14H14N2O3/c1-2-7-16(9-13(18)19)14-12-8-11(17)4-3-10(12)5-6-15-14/h2-6,8,17H,1,7,9H2,(H,18,19). The summed E-state index contributed by atoms with van der Waals surface area (Å²) in [6.45, 7) is 3.82. The van der Waals surface area contributed by atoms with Crippen molar-refractivity contribution in [2.45, 2.75) is 0 Å². The summed E-state index contributed by atoms with van der Waals surface area (Å²) in [6, 6.07) is 6.74. The molecule has 19 heavy (non-hydrogen) atoms. The van der Waals surface area contributed by atoms with Gasteiger partial charge >= 0.3 is 5.97 Å². The van der Waals surface area contributed by atoms with Crippen molar-refractivity contribution in [1.29, 1.82) is 0 Å². The lowest BCUT2D eigenvalue weighted by Crippen LogP contribution is -2.30. The zero-order chi connectivity index (χ0) is 13.8. The zero-order valence-corrected chi connectivity index (χ0v) is 10.3. The van der Waals surface area contributed by atoms with Gasteiger partial charge in [0, 0.05) is 18.1 Å². The third-order valence-corrected chi connectivity index (χ3v) is 2.70. The van der Waals surface area contributed by atoms with Crippen molar-refractivity contribution in [3.05, 3.63) is 43.1 Å². The van der Waals surface area contributed by atoms with Gasteiger partial charge < -0.3 is 15.1 Å². The highest BCUT2D eigenvalue weighted by atomic mass is 16.4. The fraction of sp³-hybridized carbons (Fsp3) is 0.143. The number of carboxylic acids is 1. The highest BCUT2D eigenvalue weighted by Gasteiger charge is 2.13. The second kappa shape index (κ2) is 5.39. The van der Waals surface area contributed by atoms with Gasteiger partial charge in [-0.25, -0.2) is 4.98 Å². The van der Waals surface area contributed by atoms with Gasteiger partial charge in [-0.15, -0.1) is 6.58 Å². The minimum Gasteiger partial charge on any atom is -0.508 e. The number of hydrogen-bond donors (Lipinski definition) is 2. The zero-order valence-electron chi connectivity index (χ0n) is 10.3. The number of pyridine rings is 1. The van der Waals surface area contributed by atoms with Crippen molar-refractivity contribution >= 4 is 22.6 Å². The monoisotopic (exact) mass is 258 g/mol. The number of phenols is 1. The maximum absolute atomic E-state index is 10.9. The number of aliphatic carboxylic acids is 1. The van der Waals surface area contributed by atoms with E-state index >= 15 is 0 Å². The van der Waals surface area contributed by atoms with E-state index in [4.69, 9.17) is 5.11 Å². The van der Waals surface area contributed by atoms with Crippen LogP contribution in [0.2, 0.25) is 0 Å². The summed E-state index contributed by atoms with van der Waals surface area (Å²) < 4.78 is 0. The molecule has 2 aromatic rings. The number of rotatable bonds is 5. The first-order valence-electron chi connectivity index (χ1n) is 5.77. The van der Waals surface area contributed by atoms with Crippen LogP contribution in [0.5, 0.6) is 5.75 Å². The fourth-order valence-electron chi connectivity index (χ4n) is 1.94. The Balaban J connectivity index is 2.54. The Morgan fingerprint density at radius 2 is 2.21 bits per heavy atom. The quantitative estimate of drug-likeness (QED) is 0.803. The average molecular weight is 258 g/mol. The molecule has 0 radical (unpaired) electrons. The summed E-state index contributed by atoms with van der Waals surface area (Å²) in [5.41, 5.74) is 0. The van der Waals surface area contributed by atoms with E-state index in [1.54, 1.807) is 35.4 Å². The first-order valence-corrected chi connectivity index (χ1v) is 5.77.